The third kappa shape index (κ3) is 2.98. The van der Waals surface area contributed by atoms with Gasteiger partial charge in [0.25, 0.3) is 0 Å². The molecular formula is C14H20N2O3. The summed E-state index contributed by atoms with van der Waals surface area (Å²) >= 11 is 0. The predicted molar refractivity (Wildman–Crippen MR) is 74.4 cm³/mol. The molecule has 1 saturated heterocycles. The molecule has 5 nitrogen and oxygen atoms in total. The normalized spacial score (nSPS) is 16.1. The molecular weight excluding hydrogens is 244 g/mol. The molecule has 0 atom stereocenters. The van der Waals surface area contributed by atoms with Crippen molar-refractivity contribution in [3.05, 3.63) is 23.8 Å². The molecule has 2 N–H and O–H groups in total. The fraction of sp³-hybridized carbons (Fsp3) is 0.500. The first-order valence-electron chi connectivity index (χ1n) is 6.42. The minimum absolute atomic E-state index is 0.346. The molecule has 0 radical (unpaired) electrons. The predicted octanol–water partition coefficient (Wildman–Crippen LogP) is 1.67. The number of esters is 1. The third-order valence-corrected chi connectivity index (χ3v) is 3.57. The van der Waals surface area contributed by atoms with Crippen molar-refractivity contribution in [1.82, 2.24) is 0 Å². The van der Waals surface area contributed by atoms with E-state index in [0.717, 1.165) is 31.7 Å². The van der Waals surface area contributed by atoms with Crippen LogP contribution in [0.25, 0.3) is 0 Å². The molecule has 0 aromatic heterocycles. The van der Waals surface area contributed by atoms with Crippen LogP contribution in [0.1, 0.15) is 23.2 Å². The Kier molecular flexibility index (Phi) is 4.27. The highest BCUT2D eigenvalue weighted by molar-refractivity contribution is 5.92. The molecule has 0 bridgehead atoms. The first-order valence-corrected chi connectivity index (χ1v) is 6.42. The van der Waals surface area contributed by atoms with Gasteiger partial charge in [0.1, 0.15) is 0 Å². The number of hydrogen-bond acceptors (Lipinski definition) is 5. The van der Waals surface area contributed by atoms with Crippen LogP contribution in [0.5, 0.6) is 0 Å². The van der Waals surface area contributed by atoms with Gasteiger partial charge in [-0.1, -0.05) is 0 Å². The lowest BCUT2D eigenvalue weighted by atomic mass is 10.1. The summed E-state index contributed by atoms with van der Waals surface area (Å²) in [5, 5.41) is 0. The van der Waals surface area contributed by atoms with Crippen LogP contribution in [0.3, 0.4) is 0 Å². The van der Waals surface area contributed by atoms with Gasteiger partial charge in [-0.05, 0) is 31.0 Å². The van der Waals surface area contributed by atoms with Gasteiger partial charge in [0, 0.05) is 26.3 Å². The number of nitrogens with zero attached hydrogens (tertiary/aromatic N) is 1. The highest BCUT2D eigenvalue weighted by atomic mass is 16.5. The lowest BCUT2D eigenvalue weighted by molar-refractivity contribution is 0.0600. The molecule has 1 aliphatic heterocycles. The zero-order chi connectivity index (χ0) is 13.8. The van der Waals surface area contributed by atoms with Crippen LogP contribution in [0, 0.1) is 0 Å². The summed E-state index contributed by atoms with van der Waals surface area (Å²) in [5.74, 6) is -0.346. The second-order valence-electron chi connectivity index (χ2n) is 4.72. The van der Waals surface area contributed by atoms with Crippen LogP contribution >= 0.6 is 0 Å². The maximum Gasteiger partial charge on any atom is 0.337 e. The van der Waals surface area contributed by atoms with E-state index in [0.29, 0.717) is 17.3 Å². The van der Waals surface area contributed by atoms with Crippen molar-refractivity contribution in [2.75, 3.05) is 38.0 Å². The maximum absolute atomic E-state index is 11.6. The number of benzene rings is 1. The molecule has 1 aromatic rings. The van der Waals surface area contributed by atoms with E-state index in [1.165, 1.54) is 7.11 Å². The smallest absolute Gasteiger partial charge is 0.337 e. The van der Waals surface area contributed by atoms with Crippen LogP contribution in [-0.4, -0.2) is 39.4 Å². The summed E-state index contributed by atoms with van der Waals surface area (Å²) in [7, 11) is 3.38. The minimum Gasteiger partial charge on any atom is -0.465 e. The lowest BCUT2D eigenvalue weighted by Crippen LogP contribution is -2.37. The second-order valence-corrected chi connectivity index (χ2v) is 4.72. The summed E-state index contributed by atoms with van der Waals surface area (Å²) in [6.45, 7) is 1.54. The van der Waals surface area contributed by atoms with Gasteiger partial charge in [-0.3, -0.25) is 0 Å². The Labute approximate surface area is 113 Å². The van der Waals surface area contributed by atoms with E-state index in [9.17, 15) is 4.79 Å². The number of carbonyl (C=O) groups excluding carboxylic acids is 1. The van der Waals surface area contributed by atoms with Crippen molar-refractivity contribution in [3.8, 4) is 0 Å². The summed E-state index contributed by atoms with van der Waals surface area (Å²) < 4.78 is 10.1. The molecule has 0 unspecified atom stereocenters. The minimum atomic E-state index is -0.346. The van der Waals surface area contributed by atoms with E-state index in [1.54, 1.807) is 18.2 Å². The quantitative estimate of drug-likeness (QED) is 0.664. The summed E-state index contributed by atoms with van der Waals surface area (Å²) in [4.78, 5) is 13.7. The molecule has 1 aromatic carbocycles. The Morgan fingerprint density at radius 3 is 2.74 bits per heavy atom. The van der Waals surface area contributed by atoms with E-state index in [4.69, 9.17) is 15.2 Å². The number of rotatable bonds is 3. The Hall–Kier alpha value is -1.75. The van der Waals surface area contributed by atoms with Gasteiger partial charge in [0.15, 0.2) is 0 Å². The van der Waals surface area contributed by atoms with E-state index in [2.05, 4.69) is 4.90 Å². The zero-order valence-corrected chi connectivity index (χ0v) is 11.4. The fourth-order valence-electron chi connectivity index (χ4n) is 2.36. The number of hydrogen-bond donors (Lipinski definition) is 1. The molecule has 19 heavy (non-hydrogen) atoms. The Balaban J connectivity index is 2.24. The molecule has 1 heterocycles. The van der Waals surface area contributed by atoms with Gasteiger partial charge in [0.05, 0.1) is 24.0 Å². The van der Waals surface area contributed by atoms with Crippen LogP contribution < -0.4 is 10.6 Å². The highest BCUT2D eigenvalue weighted by Crippen LogP contribution is 2.28. The molecule has 1 aliphatic rings. The SMILES string of the molecule is COC(=O)c1ccc(N)c(N(C)C2CCOCC2)c1. The molecule has 5 heteroatoms. The third-order valence-electron chi connectivity index (χ3n) is 3.57. The first-order chi connectivity index (χ1) is 9.13. The topological polar surface area (TPSA) is 64.8 Å². The van der Waals surface area contributed by atoms with Gasteiger partial charge in [-0.25, -0.2) is 4.79 Å². The summed E-state index contributed by atoms with van der Waals surface area (Å²) in [6.07, 6.45) is 1.94. The zero-order valence-electron chi connectivity index (χ0n) is 11.4. The van der Waals surface area contributed by atoms with Gasteiger partial charge in [-0.2, -0.15) is 0 Å². The van der Waals surface area contributed by atoms with Crippen LogP contribution in [0.4, 0.5) is 11.4 Å². The van der Waals surface area contributed by atoms with E-state index in [-0.39, 0.29) is 5.97 Å². The number of methoxy groups -OCH3 is 1. The second kappa shape index (κ2) is 5.93. The molecule has 2 rings (SSSR count). The standard InChI is InChI=1S/C14H20N2O3/c1-16(11-5-7-19-8-6-11)13-9-10(14(17)18-2)3-4-12(13)15/h3-4,9,11H,5-8,15H2,1-2H3. The maximum atomic E-state index is 11.6. The molecule has 104 valence electrons. The van der Waals surface area contributed by atoms with Gasteiger partial charge < -0.3 is 20.1 Å². The van der Waals surface area contributed by atoms with Gasteiger partial charge in [-0.15, -0.1) is 0 Å². The average Bonchev–Trinajstić information content (AvgIpc) is 2.47. The lowest BCUT2D eigenvalue weighted by Gasteiger charge is -2.33. The van der Waals surface area contributed by atoms with Crippen molar-refractivity contribution in [2.45, 2.75) is 18.9 Å². The molecule has 0 spiro atoms. The van der Waals surface area contributed by atoms with Crippen molar-refractivity contribution >= 4 is 17.3 Å². The van der Waals surface area contributed by atoms with Crippen molar-refractivity contribution < 1.29 is 14.3 Å². The Bertz CT molecular complexity index is 456. The fourth-order valence-corrected chi connectivity index (χ4v) is 2.36. The molecule has 0 saturated carbocycles. The van der Waals surface area contributed by atoms with Crippen molar-refractivity contribution in [2.24, 2.45) is 0 Å². The largest absolute Gasteiger partial charge is 0.465 e. The number of ether oxygens (including phenoxy) is 2. The van der Waals surface area contributed by atoms with Crippen LogP contribution in [0.15, 0.2) is 18.2 Å². The average molecular weight is 264 g/mol. The molecule has 1 fully saturated rings. The van der Waals surface area contributed by atoms with Crippen LogP contribution in [-0.2, 0) is 9.47 Å². The number of anilines is 2. The molecule has 0 amide bonds. The van der Waals surface area contributed by atoms with Crippen molar-refractivity contribution in [1.29, 1.82) is 0 Å². The molecule has 0 aliphatic carbocycles. The Morgan fingerprint density at radius 1 is 1.42 bits per heavy atom. The monoisotopic (exact) mass is 264 g/mol. The number of carbonyl (C=O) groups is 1. The Morgan fingerprint density at radius 2 is 2.11 bits per heavy atom. The summed E-state index contributed by atoms with van der Waals surface area (Å²) in [5.41, 5.74) is 8.07. The van der Waals surface area contributed by atoms with Gasteiger partial charge in [0.2, 0.25) is 0 Å². The van der Waals surface area contributed by atoms with Crippen LogP contribution in [0.2, 0.25) is 0 Å². The highest BCUT2D eigenvalue weighted by Gasteiger charge is 2.21. The first kappa shape index (κ1) is 13.7. The van der Waals surface area contributed by atoms with Crippen molar-refractivity contribution in [3.63, 3.8) is 0 Å². The van der Waals surface area contributed by atoms with E-state index < -0.39 is 0 Å². The number of nitrogens with two attached hydrogens (primary N) is 1. The number of nitrogen functional groups attached to an aromatic ring is 1. The van der Waals surface area contributed by atoms with Gasteiger partial charge >= 0.3 is 5.97 Å². The summed E-state index contributed by atoms with van der Waals surface area (Å²) in [6, 6.07) is 5.61. The van der Waals surface area contributed by atoms with E-state index >= 15 is 0 Å². The van der Waals surface area contributed by atoms with E-state index in [1.807, 2.05) is 7.05 Å².